The maximum absolute atomic E-state index is 13.4. The molecule has 1 unspecified atom stereocenters. The largest absolute Gasteiger partial charge is 0.491 e. The lowest BCUT2D eigenvalue weighted by Crippen LogP contribution is -2.42. The minimum absolute atomic E-state index is 0.00496. The smallest absolute Gasteiger partial charge is 0.317 e. The fraction of sp³-hybridized carbons (Fsp3) is 0.381. The molecule has 28 heavy (non-hydrogen) atoms. The van der Waals surface area contributed by atoms with Gasteiger partial charge < -0.3 is 9.84 Å². The van der Waals surface area contributed by atoms with Crippen LogP contribution >= 0.6 is 23.4 Å². The van der Waals surface area contributed by atoms with Gasteiger partial charge in [-0.1, -0.05) is 55.8 Å². The van der Waals surface area contributed by atoms with Crippen molar-refractivity contribution in [2.24, 2.45) is 0 Å². The van der Waals surface area contributed by atoms with Crippen molar-refractivity contribution in [3.63, 3.8) is 0 Å². The number of ether oxygens (including phenoxy) is 1. The summed E-state index contributed by atoms with van der Waals surface area (Å²) in [7, 11) is 0. The minimum Gasteiger partial charge on any atom is -0.491 e. The number of likely N-dealkylation sites (N-methyl/N-ethyl adjacent to an activating group) is 1. The number of aliphatic carboxylic acids is 1. The minimum atomic E-state index is -0.841. The number of halogens is 2. The Labute approximate surface area is 174 Å². The molecule has 4 nitrogen and oxygen atoms in total. The number of nitrogens with zero attached hydrogens (tertiary/aromatic N) is 1. The first-order valence-corrected chi connectivity index (χ1v) is 10.4. The van der Waals surface area contributed by atoms with E-state index in [-0.39, 0.29) is 17.6 Å². The fourth-order valence-corrected chi connectivity index (χ4v) is 4.07. The predicted molar refractivity (Wildman–Crippen MR) is 111 cm³/mol. The maximum atomic E-state index is 13.4. The molecule has 0 saturated heterocycles. The van der Waals surface area contributed by atoms with E-state index in [1.807, 2.05) is 36.1 Å². The fourth-order valence-electron chi connectivity index (χ4n) is 2.88. The first kappa shape index (κ1) is 22.5. The zero-order valence-corrected chi connectivity index (χ0v) is 17.6. The Morgan fingerprint density at radius 2 is 2.04 bits per heavy atom. The zero-order valence-electron chi connectivity index (χ0n) is 16.0. The van der Waals surface area contributed by atoms with Crippen molar-refractivity contribution < 1.29 is 19.0 Å². The SMILES string of the molecule is CCCC(COc1ccccc1Sc1ccc(F)c(Cl)c1)N(CC)CC(=O)O. The third-order valence-corrected chi connectivity index (χ3v) is 5.62. The molecule has 0 bridgehead atoms. The quantitative estimate of drug-likeness (QED) is 0.509. The van der Waals surface area contributed by atoms with Crippen LogP contribution in [-0.4, -0.2) is 41.7 Å². The van der Waals surface area contributed by atoms with Gasteiger partial charge in [-0.3, -0.25) is 9.69 Å². The summed E-state index contributed by atoms with van der Waals surface area (Å²) in [6, 6.07) is 12.2. The van der Waals surface area contributed by atoms with E-state index >= 15 is 0 Å². The van der Waals surface area contributed by atoms with Gasteiger partial charge >= 0.3 is 5.97 Å². The van der Waals surface area contributed by atoms with Gasteiger partial charge in [0, 0.05) is 10.9 Å². The molecule has 0 aliphatic carbocycles. The second kappa shape index (κ2) is 11.3. The molecule has 1 atom stereocenters. The number of benzene rings is 2. The molecule has 0 aliphatic heterocycles. The van der Waals surface area contributed by atoms with E-state index in [0.717, 1.165) is 22.6 Å². The molecule has 0 aromatic heterocycles. The lowest BCUT2D eigenvalue weighted by Gasteiger charge is -2.29. The van der Waals surface area contributed by atoms with Crippen molar-refractivity contribution in [3.8, 4) is 5.75 Å². The third kappa shape index (κ3) is 6.69. The summed E-state index contributed by atoms with van der Waals surface area (Å²) in [5, 5.41) is 9.23. The van der Waals surface area contributed by atoms with E-state index in [1.54, 1.807) is 12.1 Å². The van der Waals surface area contributed by atoms with E-state index in [4.69, 9.17) is 21.4 Å². The van der Waals surface area contributed by atoms with Crippen LogP contribution in [0.5, 0.6) is 5.75 Å². The number of carbonyl (C=O) groups is 1. The first-order chi connectivity index (χ1) is 13.4. The van der Waals surface area contributed by atoms with Gasteiger partial charge in [-0.05, 0) is 43.3 Å². The first-order valence-electron chi connectivity index (χ1n) is 9.25. The Kier molecular flexibility index (Phi) is 9.09. The van der Waals surface area contributed by atoms with Crippen LogP contribution in [-0.2, 0) is 4.79 Å². The maximum Gasteiger partial charge on any atom is 0.317 e. The summed E-state index contributed by atoms with van der Waals surface area (Å²) in [6.45, 7) is 5.06. The Morgan fingerprint density at radius 1 is 1.29 bits per heavy atom. The van der Waals surface area contributed by atoms with Crippen LogP contribution < -0.4 is 4.74 Å². The number of hydrogen-bond acceptors (Lipinski definition) is 4. The second-order valence-corrected chi connectivity index (χ2v) is 7.86. The zero-order chi connectivity index (χ0) is 20.5. The Balaban J connectivity index is 2.12. The van der Waals surface area contributed by atoms with Gasteiger partial charge in [-0.25, -0.2) is 4.39 Å². The highest BCUT2D eigenvalue weighted by atomic mass is 35.5. The monoisotopic (exact) mass is 425 g/mol. The van der Waals surface area contributed by atoms with Crippen molar-refractivity contribution in [1.82, 2.24) is 4.90 Å². The van der Waals surface area contributed by atoms with Crippen molar-refractivity contribution in [2.75, 3.05) is 19.7 Å². The molecule has 0 aliphatic rings. The molecule has 0 radical (unpaired) electrons. The van der Waals surface area contributed by atoms with Gasteiger partial charge in [0.1, 0.15) is 18.2 Å². The van der Waals surface area contributed by atoms with Crippen LogP contribution in [0, 0.1) is 5.82 Å². The van der Waals surface area contributed by atoms with E-state index < -0.39 is 11.8 Å². The van der Waals surface area contributed by atoms with Crippen LogP contribution in [0.4, 0.5) is 4.39 Å². The number of carboxylic acid groups (broad SMARTS) is 1. The third-order valence-electron chi connectivity index (χ3n) is 4.28. The van der Waals surface area contributed by atoms with Crippen molar-refractivity contribution in [2.45, 2.75) is 42.5 Å². The highest BCUT2D eigenvalue weighted by Crippen LogP contribution is 2.36. The van der Waals surface area contributed by atoms with E-state index in [2.05, 4.69) is 6.92 Å². The van der Waals surface area contributed by atoms with Gasteiger partial charge in [0.2, 0.25) is 0 Å². The highest BCUT2D eigenvalue weighted by molar-refractivity contribution is 7.99. The normalized spacial score (nSPS) is 12.2. The van der Waals surface area contributed by atoms with Crippen molar-refractivity contribution >= 4 is 29.3 Å². The second-order valence-electron chi connectivity index (χ2n) is 6.34. The average Bonchev–Trinajstić information content (AvgIpc) is 2.67. The van der Waals surface area contributed by atoms with E-state index in [9.17, 15) is 9.18 Å². The molecular weight excluding hydrogens is 401 g/mol. The molecular formula is C21H25ClFNO3S. The molecule has 152 valence electrons. The predicted octanol–water partition coefficient (Wildman–Crippen LogP) is 5.58. The van der Waals surface area contributed by atoms with Crippen molar-refractivity contribution in [3.05, 3.63) is 53.3 Å². The number of hydrogen-bond donors (Lipinski definition) is 1. The average molecular weight is 426 g/mol. The molecule has 2 aromatic rings. The molecule has 1 N–H and O–H groups in total. The van der Waals surface area contributed by atoms with Gasteiger partial charge in [-0.2, -0.15) is 0 Å². The molecule has 7 heteroatoms. The summed E-state index contributed by atoms with van der Waals surface area (Å²) in [6.07, 6.45) is 1.79. The van der Waals surface area contributed by atoms with E-state index in [1.165, 1.54) is 17.8 Å². The molecule has 0 amide bonds. The summed E-state index contributed by atoms with van der Waals surface area (Å²) < 4.78 is 19.5. The summed E-state index contributed by atoms with van der Waals surface area (Å²) in [4.78, 5) is 14.8. The van der Waals surface area contributed by atoms with E-state index in [0.29, 0.717) is 18.9 Å². The van der Waals surface area contributed by atoms with Gasteiger partial charge in [0.05, 0.1) is 16.5 Å². The molecule has 0 saturated carbocycles. The van der Waals surface area contributed by atoms with Gasteiger partial charge in [0.25, 0.3) is 0 Å². The Bertz CT molecular complexity index is 790. The van der Waals surface area contributed by atoms with Crippen LogP contribution in [0.1, 0.15) is 26.7 Å². The molecule has 2 aromatic carbocycles. The topological polar surface area (TPSA) is 49.8 Å². The number of rotatable bonds is 11. The number of para-hydroxylation sites is 1. The Morgan fingerprint density at radius 3 is 2.68 bits per heavy atom. The molecule has 2 rings (SSSR count). The molecule has 0 fully saturated rings. The molecule has 0 heterocycles. The standard InChI is InChI=1S/C21H25ClFNO3S/c1-3-7-15(24(4-2)13-21(25)26)14-27-19-8-5-6-9-20(19)28-16-10-11-18(23)17(22)12-16/h5-6,8-12,15H,3-4,7,13-14H2,1-2H3,(H,25,26). The summed E-state index contributed by atoms with van der Waals surface area (Å²) in [5.41, 5.74) is 0. The van der Waals surface area contributed by atoms with Crippen LogP contribution in [0.25, 0.3) is 0 Å². The highest BCUT2D eigenvalue weighted by Gasteiger charge is 2.20. The lowest BCUT2D eigenvalue weighted by atomic mass is 10.1. The van der Waals surface area contributed by atoms with Crippen molar-refractivity contribution in [1.29, 1.82) is 0 Å². The number of carboxylic acids is 1. The van der Waals surface area contributed by atoms with Crippen LogP contribution in [0.3, 0.4) is 0 Å². The summed E-state index contributed by atoms with van der Waals surface area (Å²) >= 11 is 7.32. The summed E-state index contributed by atoms with van der Waals surface area (Å²) in [5.74, 6) is -0.580. The van der Waals surface area contributed by atoms with Gasteiger partial charge in [-0.15, -0.1) is 0 Å². The Hall–Kier alpha value is -1.76. The van der Waals surface area contributed by atoms with Crippen LogP contribution in [0.15, 0.2) is 52.3 Å². The van der Waals surface area contributed by atoms with Crippen LogP contribution in [0.2, 0.25) is 5.02 Å². The van der Waals surface area contributed by atoms with Gasteiger partial charge in [0.15, 0.2) is 0 Å². The molecule has 0 spiro atoms. The lowest BCUT2D eigenvalue weighted by molar-refractivity contribution is -0.139.